The molecule has 0 aliphatic carbocycles. The summed E-state index contributed by atoms with van der Waals surface area (Å²) in [6.45, 7) is 3.70. The summed E-state index contributed by atoms with van der Waals surface area (Å²) in [6, 6.07) is 0.527. The Hall–Kier alpha value is -0.120. The molecule has 3 nitrogen and oxygen atoms in total. The van der Waals surface area contributed by atoms with Gasteiger partial charge in [-0.2, -0.15) is 0 Å². The summed E-state index contributed by atoms with van der Waals surface area (Å²) in [7, 11) is 0. The van der Waals surface area contributed by atoms with Gasteiger partial charge in [0.15, 0.2) is 0 Å². The number of nitrogens with zero attached hydrogens (tertiary/aromatic N) is 1. The Labute approximate surface area is 54.8 Å². The first-order valence-corrected chi connectivity index (χ1v) is 3.45. The topological polar surface area (TPSA) is 35.4 Å². The fourth-order valence-corrected chi connectivity index (χ4v) is 1.41. The summed E-state index contributed by atoms with van der Waals surface area (Å²) in [5, 5.41) is 7.60. The Morgan fingerprint density at radius 2 is 2.44 bits per heavy atom. The van der Waals surface area contributed by atoms with Crippen molar-refractivity contribution in [2.24, 2.45) is 0 Å². The van der Waals surface area contributed by atoms with Crippen LogP contribution in [0.15, 0.2) is 0 Å². The van der Waals surface area contributed by atoms with Gasteiger partial charge in [0.25, 0.3) is 0 Å². The highest BCUT2D eigenvalue weighted by atomic mass is 16.5. The van der Waals surface area contributed by atoms with E-state index in [-0.39, 0.29) is 0 Å². The predicted molar refractivity (Wildman–Crippen MR) is 33.4 cm³/mol. The van der Waals surface area contributed by atoms with Crippen LogP contribution in [0.1, 0.15) is 0 Å². The Kier molecular flexibility index (Phi) is 1.41. The molecule has 2 fully saturated rings. The lowest BCUT2D eigenvalue weighted by Gasteiger charge is -2.25. The van der Waals surface area contributed by atoms with E-state index in [0.717, 1.165) is 26.2 Å². The molecule has 2 saturated heterocycles. The Bertz CT molecular complexity index is 95.2. The van der Waals surface area contributed by atoms with E-state index >= 15 is 0 Å². The van der Waals surface area contributed by atoms with E-state index in [9.17, 15) is 0 Å². The maximum absolute atomic E-state index is 5.45. The maximum atomic E-state index is 5.45. The van der Waals surface area contributed by atoms with Gasteiger partial charge >= 0.3 is 0 Å². The van der Waals surface area contributed by atoms with Gasteiger partial charge in [0.2, 0.25) is 0 Å². The van der Waals surface area contributed by atoms with Crippen LogP contribution in [0, 0.1) is 0 Å². The molecular weight excluding hydrogens is 116 g/mol. The van der Waals surface area contributed by atoms with Gasteiger partial charge in [-0.15, -0.1) is 0 Å². The van der Waals surface area contributed by atoms with E-state index in [1.165, 1.54) is 0 Å². The van der Waals surface area contributed by atoms with Crippen LogP contribution in [0.3, 0.4) is 0 Å². The first-order valence-electron chi connectivity index (χ1n) is 3.45. The van der Waals surface area contributed by atoms with E-state index < -0.39 is 0 Å². The average Bonchev–Trinajstić information content (AvgIpc) is 2.33. The van der Waals surface area contributed by atoms with Crippen molar-refractivity contribution >= 4 is 0 Å². The molecule has 2 aliphatic rings. The monoisotopic (exact) mass is 127 g/mol. The van der Waals surface area contributed by atoms with Crippen molar-refractivity contribution in [2.75, 3.05) is 26.2 Å². The van der Waals surface area contributed by atoms with E-state index in [2.05, 4.69) is 10.6 Å². The smallest absolute Gasteiger partial charge is 0.0882 e. The van der Waals surface area contributed by atoms with Gasteiger partial charge in [0.05, 0.1) is 12.7 Å². The van der Waals surface area contributed by atoms with Crippen molar-refractivity contribution < 1.29 is 4.74 Å². The molecule has 2 aliphatic heterocycles. The molecule has 1 radical (unpaired) electrons. The molecular formula is C6H11N2O. The number of rotatable bonds is 0. The highest BCUT2D eigenvalue weighted by molar-refractivity contribution is 4.89. The number of hydrogen-bond donors (Lipinski definition) is 1. The lowest BCUT2D eigenvalue weighted by atomic mass is 10.2. The Morgan fingerprint density at radius 3 is 3.33 bits per heavy atom. The van der Waals surface area contributed by atoms with Gasteiger partial charge in [-0.05, 0) is 0 Å². The van der Waals surface area contributed by atoms with Crippen molar-refractivity contribution in [1.29, 1.82) is 0 Å². The molecule has 0 bridgehead atoms. The van der Waals surface area contributed by atoms with Crippen LogP contribution in [0.25, 0.3) is 0 Å². The van der Waals surface area contributed by atoms with Crippen molar-refractivity contribution in [3.05, 3.63) is 0 Å². The van der Waals surface area contributed by atoms with E-state index in [0.29, 0.717) is 12.1 Å². The molecule has 51 valence electrons. The van der Waals surface area contributed by atoms with Crippen LogP contribution >= 0.6 is 0 Å². The lowest BCUT2D eigenvalue weighted by Crippen LogP contribution is -2.47. The summed E-state index contributed by atoms with van der Waals surface area (Å²) in [5.74, 6) is 0. The van der Waals surface area contributed by atoms with Gasteiger partial charge in [-0.25, -0.2) is 5.32 Å². The molecule has 0 aromatic rings. The van der Waals surface area contributed by atoms with Crippen LogP contribution < -0.4 is 10.6 Å². The SMILES string of the molecule is C1CO[C@@H]2C[N]C[C@H]2N1. The first-order chi connectivity index (χ1) is 4.47. The third-order valence-corrected chi connectivity index (χ3v) is 1.92. The first kappa shape index (κ1) is 5.65. The van der Waals surface area contributed by atoms with Crippen LogP contribution in [0.4, 0.5) is 0 Å². The molecule has 2 heterocycles. The number of hydrogen-bond acceptors (Lipinski definition) is 2. The van der Waals surface area contributed by atoms with Gasteiger partial charge in [-0.1, -0.05) is 0 Å². The number of morpholine rings is 1. The van der Waals surface area contributed by atoms with Crippen LogP contribution in [0.5, 0.6) is 0 Å². The zero-order chi connectivity index (χ0) is 6.10. The second-order valence-corrected chi connectivity index (χ2v) is 2.56. The molecule has 9 heavy (non-hydrogen) atoms. The Balaban J connectivity index is 1.97. The highest BCUT2D eigenvalue weighted by Gasteiger charge is 2.30. The normalized spacial score (nSPS) is 42.7. The van der Waals surface area contributed by atoms with E-state index in [1.54, 1.807) is 0 Å². The second-order valence-electron chi connectivity index (χ2n) is 2.56. The van der Waals surface area contributed by atoms with Gasteiger partial charge in [0, 0.05) is 25.7 Å². The summed E-state index contributed by atoms with van der Waals surface area (Å²) in [6.07, 6.45) is 0.388. The largest absolute Gasteiger partial charge is 0.374 e. The maximum Gasteiger partial charge on any atom is 0.0882 e. The minimum atomic E-state index is 0.388. The van der Waals surface area contributed by atoms with Gasteiger partial charge in [-0.3, -0.25) is 0 Å². The molecule has 3 heteroatoms. The molecule has 0 unspecified atom stereocenters. The predicted octanol–water partition coefficient (Wildman–Crippen LogP) is -1.04. The molecule has 0 saturated carbocycles. The summed E-state index contributed by atoms with van der Waals surface area (Å²) in [4.78, 5) is 0. The summed E-state index contributed by atoms with van der Waals surface area (Å²) >= 11 is 0. The van der Waals surface area contributed by atoms with E-state index in [4.69, 9.17) is 4.74 Å². The van der Waals surface area contributed by atoms with Gasteiger partial charge in [0.1, 0.15) is 0 Å². The fourth-order valence-electron chi connectivity index (χ4n) is 1.41. The van der Waals surface area contributed by atoms with Crippen molar-refractivity contribution in [3.8, 4) is 0 Å². The molecule has 1 N–H and O–H groups in total. The minimum Gasteiger partial charge on any atom is -0.374 e. The van der Waals surface area contributed by atoms with Gasteiger partial charge < -0.3 is 10.1 Å². The third-order valence-electron chi connectivity index (χ3n) is 1.92. The second kappa shape index (κ2) is 2.25. The van der Waals surface area contributed by atoms with Crippen molar-refractivity contribution in [3.63, 3.8) is 0 Å². The third kappa shape index (κ3) is 0.956. The van der Waals surface area contributed by atoms with E-state index in [1.807, 2.05) is 0 Å². The van der Waals surface area contributed by atoms with Crippen LogP contribution in [-0.2, 0) is 4.74 Å². The van der Waals surface area contributed by atoms with Crippen LogP contribution in [0.2, 0.25) is 0 Å². The lowest BCUT2D eigenvalue weighted by molar-refractivity contribution is 0.0207. The number of ether oxygens (including phenoxy) is 1. The molecule has 0 amide bonds. The minimum absolute atomic E-state index is 0.388. The molecule has 0 spiro atoms. The molecule has 0 aromatic heterocycles. The van der Waals surface area contributed by atoms with Crippen molar-refractivity contribution in [2.45, 2.75) is 12.1 Å². The van der Waals surface area contributed by atoms with Crippen LogP contribution in [-0.4, -0.2) is 38.4 Å². The number of nitrogens with one attached hydrogen (secondary N) is 1. The molecule has 2 rings (SSSR count). The highest BCUT2D eigenvalue weighted by Crippen LogP contribution is 2.08. The zero-order valence-corrected chi connectivity index (χ0v) is 5.34. The molecule has 2 atom stereocenters. The average molecular weight is 127 g/mol. The van der Waals surface area contributed by atoms with Crippen molar-refractivity contribution in [1.82, 2.24) is 10.6 Å². The standard InChI is InChI=1S/C6H11N2O/c1-2-9-6-4-7-3-5(6)8-1/h5-6,8H,1-4H2/t5-,6-/m1/s1. The summed E-state index contributed by atoms with van der Waals surface area (Å²) < 4.78 is 5.45. The quantitative estimate of drug-likeness (QED) is 0.451. The number of fused-ring (bicyclic) bond motifs is 1. The molecule has 0 aromatic carbocycles. The Morgan fingerprint density at radius 1 is 1.44 bits per heavy atom. The zero-order valence-electron chi connectivity index (χ0n) is 5.34. The summed E-state index contributed by atoms with van der Waals surface area (Å²) in [5.41, 5.74) is 0. The fraction of sp³-hybridized carbons (Fsp3) is 1.00.